The molecule has 3 heterocycles. The Labute approximate surface area is 461 Å². The normalized spacial score (nSPS) is 12.1. The average molecular weight is 1070 g/mol. The third kappa shape index (κ3) is 6.65. The first-order valence-corrected chi connectivity index (χ1v) is 29.0. The molecule has 0 saturated heterocycles. The van der Waals surface area contributed by atoms with Crippen molar-refractivity contribution in [2.75, 3.05) is 0 Å². The molecule has 0 radical (unpaired) electrons. The summed E-state index contributed by atoms with van der Waals surface area (Å²) in [6.45, 7) is 0. The van der Waals surface area contributed by atoms with Crippen LogP contribution in [0.5, 0.6) is 0 Å². The van der Waals surface area contributed by atoms with Gasteiger partial charge in [-0.1, -0.05) is 72.8 Å². The van der Waals surface area contributed by atoms with Crippen molar-refractivity contribution in [3.05, 3.63) is 279 Å². The predicted octanol–water partition coefficient (Wildman–Crippen LogP) is 20.5. The van der Waals surface area contributed by atoms with E-state index < -0.39 is 0 Å². The Kier molecular flexibility index (Phi) is 9.76. The summed E-state index contributed by atoms with van der Waals surface area (Å²) in [7, 11) is 0. The zero-order valence-corrected chi connectivity index (χ0v) is 44.6. The molecule has 0 aliphatic heterocycles. The van der Waals surface area contributed by atoms with E-state index >= 15 is 0 Å². The zero-order valence-electron chi connectivity index (χ0n) is 42.9. The summed E-state index contributed by atoms with van der Waals surface area (Å²) in [4.78, 5) is 0. The molecule has 0 bridgehead atoms. The van der Waals surface area contributed by atoms with Crippen LogP contribution in [0.4, 0.5) is 0 Å². The summed E-state index contributed by atoms with van der Waals surface area (Å²) in [6.07, 6.45) is 0. The molecule has 0 aliphatic rings. The van der Waals surface area contributed by atoms with Crippen LogP contribution in [0.3, 0.4) is 0 Å². The first-order valence-electron chi connectivity index (χ1n) is 27.2. The standard InChI is InChI=1S/C76H46N2Se/c1-3-20-51(21-4-1)77-67-34-15-13-25-55(67)57-40-37-48(45-69(57)77)53-31-17-32-63-65(53)43-47-19-7-8-24-54(47)73(63)49-39-42-71-66(44-49)76-64(33-18-36-72(76)79-71)75-61-29-11-9-27-59(61)74(60-28-10-12-30-62(60)75)50-38-41-58-56-26-14-16-35-68(56)78(70(58)46-50)52-22-5-2-6-23-52/h1-46H. The minimum atomic E-state index is 0.145. The minimum Gasteiger partial charge on any atom is -0.0602 e. The van der Waals surface area contributed by atoms with Crippen LogP contribution in [0, 0.1) is 0 Å². The fourth-order valence-corrected chi connectivity index (χ4v) is 15.9. The number of benzene rings is 14. The van der Waals surface area contributed by atoms with E-state index in [1.807, 2.05) is 0 Å². The molecule has 0 spiro atoms. The Bertz CT molecular complexity index is 5310. The quantitative estimate of drug-likeness (QED) is 0.116. The third-order valence-corrected chi connectivity index (χ3v) is 19.2. The van der Waals surface area contributed by atoms with Gasteiger partial charge in [0.2, 0.25) is 0 Å². The van der Waals surface area contributed by atoms with Gasteiger partial charge < -0.3 is 0 Å². The first-order chi connectivity index (χ1) is 39.2. The van der Waals surface area contributed by atoms with Crippen LogP contribution in [-0.2, 0) is 0 Å². The van der Waals surface area contributed by atoms with Gasteiger partial charge in [-0.05, 0) is 36.4 Å². The first kappa shape index (κ1) is 44.4. The molecule has 2 nitrogen and oxygen atoms in total. The van der Waals surface area contributed by atoms with Crippen molar-refractivity contribution in [2.24, 2.45) is 0 Å². The summed E-state index contributed by atoms with van der Waals surface area (Å²) in [5.41, 5.74) is 17.2. The number of aromatic nitrogens is 2. The van der Waals surface area contributed by atoms with Gasteiger partial charge in [0.1, 0.15) is 0 Å². The molecule has 0 saturated carbocycles. The largest absolute Gasteiger partial charge is 0.0602 e. The Morgan fingerprint density at radius 1 is 0.228 bits per heavy atom. The van der Waals surface area contributed by atoms with Crippen molar-refractivity contribution in [3.8, 4) is 55.9 Å². The van der Waals surface area contributed by atoms with Crippen molar-refractivity contribution in [2.45, 2.75) is 0 Å². The van der Waals surface area contributed by atoms with Gasteiger partial charge in [0.15, 0.2) is 0 Å². The molecule has 14 aromatic carbocycles. The molecule has 366 valence electrons. The monoisotopic (exact) mass is 1070 g/mol. The molecule has 17 rings (SSSR count). The Morgan fingerprint density at radius 3 is 1.32 bits per heavy atom. The third-order valence-electron chi connectivity index (χ3n) is 16.9. The van der Waals surface area contributed by atoms with E-state index in [-0.39, 0.29) is 14.5 Å². The number of hydrogen-bond acceptors (Lipinski definition) is 0. The van der Waals surface area contributed by atoms with E-state index in [1.165, 1.54) is 151 Å². The van der Waals surface area contributed by atoms with Gasteiger partial charge in [0.05, 0.1) is 5.52 Å². The second-order valence-corrected chi connectivity index (χ2v) is 23.3. The topological polar surface area (TPSA) is 9.86 Å². The zero-order chi connectivity index (χ0) is 51.7. The molecule has 0 fully saturated rings. The van der Waals surface area contributed by atoms with Gasteiger partial charge in [0, 0.05) is 11.1 Å². The van der Waals surface area contributed by atoms with Gasteiger partial charge in [-0.25, -0.2) is 0 Å². The van der Waals surface area contributed by atoms with Crippen LogP contribution in [0.25, 0.3) is 162 Å². The van der Waals surface area contributed by atoms with E-state index in [4.69, 9.17) is 0 Å². The molecule has 0 amide bonds. The molecular weight excluding hydrogens is 1020 g/mol. The van der Waals surface area contributed by atoms with Crippen LogP contribution >= 0.6 is 0 Å². The smallest absolute Gasteiger partial charge is 0.0380 e. The van der Waals surface area contributed by atoms with E-state index in [0.717, 1.165) is 11.4 Å². The molecule has 0 unspecified atom stereocenters. The Morgan fingerprint density at radius 2 is 0.671 bits per heavy atom. The minimum absolute atomic E-state index is 0.145. The Hall–Kier alpha value is -9.76. The number of hydrogen-bond donors (Lipinski definition) is 0. The molecule has 17 aromatic rings. The van der Waals surface area contributed by atoms with Crippen LogP contribution in [0.2, 0.25) is 0 Å². The van der Waals surface area contributed by atoms with Crippen molar-refractivity contribution in [3.63, 3.8) is 0 Å². The number of para-hydroxylation sites is 4. The second kappa shape index (κ2) is 17.4. The molecule has 0 N–H and O–H groups in total. The van der Waals surface area contributed by atoms with E-state index in [9.17, 15) is 0 Å². The van der Waals surface area contributed by atoms with Gasteiger partial charge in [0.25, 0.3) is 0 Å². The maximum Gasteiger partial charge on any atom is -0.0380 e. The van der Waals surface area contributed by atoms with Crippen LogP contribution in [0.15, 0.2) is 279 Å². The molecule has 3 heteroatoms. The van der Waals surface area contributed by atoms with Gasteiger partial charge in [-0.15, -0.1) is 0 Å². The Balaban J connectivity index is 0.873. The average Bonchev–Trinajstić information content (AvgIpc) is 4.31. The number of nitrogens with zero attached hydrogens (tertiary/aromatic N) is 2. The van der Waals surface area contributed by atoms with Crippen molar-refractivity contribution in [1.82, 2.24) is 9.13 Å². The fourth-order valence-electron chi connectivity index (χ4n) is 13.5. The van der Waals surface area contributed by atoms with Crippen LogP contribution < -0.4 is 0 Å². The van der Waals surface area contributed by atoms with E-state index in [0.29, 0.717) is 0 Å². The molecule has 79 heavy (non-hydrogen) atoms. The summed E-state index contributed by atoms with van der Waals surface area (Å²) in [5.74, 6) is 0. The maximum absolute atomic E-state index is 2.53. The van der Waals surface area contributed by atoms with Crippen LogP contribution in [-0.4, -0.2) is 23.6 Å². The summed E-state index contributed by atoms with van der Waals surface area (Å²) >= 11 is 0.145. The summed E-state index contributed by atoms with van der Waals surface area (Å²) < 4.78 is 7.71. The van der Waals surface area contributed by atoms with Crippen molar-refractivity contribution in [1.29, 1.82) is 0 Å². The maximum atomic E-state index is 2.53. The van der Waals surface area contributed by atoms with Gasteiger partial charge in [-0.3, -0.25) is 0 Å². The van der Waals surface area contributed by atoms with Crippen LogP contribution in [0.1, 0.15) is 0 Å². The fraction of sp³-hybridized carbons (Fsp3) is 0. The van der Waals surface area contributed by atoms with E-state index in [2.05, 4.69) is 288 Å². The molecule has 0 atom stereocenters. The van der Waals surface area contributed by atoms with Gasteiger partial charge >= 0.3 is 339 Å². The molecule has 0 aliphatic carbocycles. The summed E-state index contributed by atoms with van der Waals surface area (Å²) in [6, 6.07) is 104. The summed E-state index contributed by atoms with van der Waals surface area (Å²) in [5, 5.41) is 17.8. The predicted molar refractivity (Wildman–Crippen MR) is 339 cm³/mol. The number of rotatable bonds is 6. The van der Waals surface area contributed by atoms with Crippen molar-refractivity contribution < 1.29 is 0 Å². The van der Waals surface area contributed by atoms with Crippen molar-refractivity contribution >= 4 is 120 Å². The van der Waals surface area contributed by atoms with E-state index in [1.54, 1.807) is 0 Å². The van der Waals surface area contributed by atoms with Gasteiger partial charge in [-0.2, -0.15) is 0 Å². The molecular formula is C76H46N2Se. The number of fused-ring (bicyclic) bond motifs is 13. The second-order valence-electron chi connectivity index (χ2n) is 21.0. The molecule has 3 aromatic heterocycles. The SMILES string of the molecule is c1ccc(-n2c3ccccc3c3ccc(-c4cccc5c(-c6ccc7[se]c8cccc(-c9c%10ccccc%10c(-c%10ccc%11c%12ccccc%12n(-c%12ccccc%12)c%11c%10)c%10ccccc9%10)c8c7c6)c6ccccc6cc45)cc32)cc1.